The zero-order chi connectivity index (χ0) is 38.3. The van der Waals surface area contributed by atoms with E-state index in [0.717, 1.165) is 70.1 Å². The summed E-state index contributed by atoms with van der Waals surface area (Å²) >= 11 is 0. The highest BCUT2D eigenvalue weighted by Crippen LogP contribution is 2.78. The van der Waals surface area contributed by atoms with Crippen molar-refractivity contribution >= 4 is 23.4 Å². The molecule has 0 aromatic heterocycles. The van der Waals surface area contributed by atoms with E-state index in [1.165, 1.54) is 36.8 Å². The summed E-state index contributed by atoms with van der Waals surface area (Å²) in [6.45, 7) is 26.5. The lowest BCUT2D eigenvalue weighted by Gasteiger charge is -2.72. The Hall–Kier alpha value is -2.89. The molecule has 2 amide bonds. The molecule has 0 radical (unpaired) electrons. The first kappa shape index (κ1) is 38.4. The lowest BCUT2D eigenvalue weighted by atomic mass is 9.32. The molecule has 290 valence electrons. The lowest BCUT2D eigenvalue weighted by Crippen LogP contribution is -2.66. The van der Waals surface area contributed by atoms with E-state index >= 15 is 4.79 Å². The fourth-order valence-electron chi connectivity index (χ4n) is 14.9. The normalized spacial score (nSPS) is 40.2. The summed E-state index contributed by atoms with van der Waals surface area (Å²) in [5, 5.41) is 9.52. The quantitative estimate of drug-likeness (QED) is 0.284. The first-order chi connectivity index (χ1) is 25.0. The fourth-order valence-corrected chi connectivity index (χ4v) is 14.9. The van der Waals surface area contributed by atoms with Crippen LogP contribution in [0.3, 0.4) is 0 Å². The Morgan fingerprint density at radius 1 is 0.868 bits per heavy atom. The molecule has 1 aromatic carbocycles. The van der Waals surface area contributed by atoms with Gasteiger partial charge in [0.25, 0.3) is 0 Å². The van der Waals surface area contributed by atoms with Gasteiger partial charge < -0.3 is 14.9 Å². The summed E-state index contributed by atoms with van der Waals surface area (Å²) in [6.07, 6.45) is 14.2. The molecule has 7 rings (SSSR count). The molecule has 10 atom stereocenters. The Morgan fingerprint density at radius 3 is 2.21 bits per heavy atom. The molecule has 1 saturated heterocycles. The van der Waals surface area contributed by atoms with Gasteiger partial charge in [-0.15, -0.1) is 0 Å². The minimum absolute atomic E-state index is 0.0273. The molecule has 1 N–H and O–H groups in total. The predicted molar refractivity (Wildman–Crippen MR) is 213 cm³/mol. The molecule has 5 fully saturated rings. The highest BCUT2D eigenvalue weighted by Gasteiger charge is 2.71. The molecular weight excluding hydrogens is 657 g/mol. The first-order valence-electron chi connectivity index (χ1n) is 21.3. The van der Waals surface area contributed by atoms with E-state index in [1.807, 2.05) is 17.0 Å². The Balaban J connectivity index is 1.19. The third kappa shape index (κ3) is 5.55. The van der Waals surface area contributed by atoms with Crippen molar-refractivity contribution in [1.29, 1.82) is 0 Å². The highest BCUT2D eigenvalue weighted by atomic mass is 16.4. The number of rotatable bonds is 7. The van der Waals surface area contributed by atoms with Crippen LogP contribution in [0.15, 0.2) is 42.5 Å². The number of carbonyl (C=O) groups excluding carboxylic acids is 2. The van der Waals surface area contributed by atoms with Crippen LogP contribution in [0, 0.1) is 62.6 Å². The van der Waals surface area contributed by atoms with Gasteiger partial charge in [0, 0.05) is 26.2 Å². The van der Waals surface area contributed by atoms with Crippen LogP contribution in [0.2, 0.25) is 0 Å². The molecule has 6 nitrogen and oxygen atoms in total. The third-order valence-electron chi connectivity index (χ3n) is 17.6. The first-order valence-corrected chi connectivity index (χ1v) is 21.3. The van der Waals surface area contributed by atoms with Gasteiger partial charge in [0.05, 0.1) is 16.9 Å². The van der Waals surface area contributed by atoms with E-state index in [4.69, 9.17) is 0 Å². The Kier molecular flexibility index (Phi) is 9.70. The van der Waals surface area contributed by atoms with E-state index in [-0.39, 0.29) is 38.9 Å². The number of hydrogen-bond acceptors (Lipinski definition) is 3. The zero-order valence-corrected chi connectivity index (χ0v) is 34.2. The van der Waals surface area contributed by atoms with Crippen molar-refractivity contribution in [2.75, 3.05) is 26.2 Å². The van der Waals surface area contributed by atoms with Crippen molar-refractivity contribution in [3.63, 3.8) is 0 Å². The average Bonchev–Trinajstić information content (AvgIpc) is 3.53. The second-order valence-electron chi connectivity index (χ2n) is 19.9. The van der Waals surface area contributed by atoms with Crippen LogP contribution in [0.1, 0.15) is 142 Å². The van der Waals surface area contributed by atoms with Crippen LogP contribution in [0.5, 0.6) is 0 Å². The maximum absolute atomic E-state index is 15.2. The number of amides is 2. The van der Waals surface area contributed by atoms with Gasteiger partial charge in [0.1, 0.15) is 0 Å². The number of benzene rings is 1. The standard InChI is InChI=1S/C47H68N2O4/c1-10-48(11-2)40(50)33-13-12-28-49(29-33)42(53)47-25-20-34(30(3)4)39(47)36-18-19-38-44(7)23-21-35(31-14-16-32(17-15-31)41(51)52)43(5,6)37(44)22-24-46(38,9)45(36,8)26-27-47/h14-17,21,33-34,36-39H,3,10-13,18-20,22-29H2,1-2,4-9H3,(H,51,52). The van der Waals surface area contributed by atoms with Gasteiger partial charge in [-0.1, -0.05) is 65.0 Å². The number of carboxylic acids is 1. The molecule has 10 unspecified atom stereocenters. The van der Waals surface area contributed by atoms with Gasteiger partial charge in [0.15, 0.2) is 0 Å². The number of aromatic carboxylic acids is 1. The van der Waals surface area contributed by atoms with Crippen LogP contribution in [-0.2, 0) is 9.59 Å². The van der Waals surface area contributed by atoms with Crippen LogP contribution in [0.4, 0.5) is 0 Å². The SMILES string of the molecule is C=C(C)C1CCC2(C(=O)N3CCCC(C(=O)N(CC)CC)C3)CCC3(C)C(CCC4C5(C)CC=C(c6ccc(C(=O)O)cc6)C(C)(C)C5CCC43C)C12. The summed E-state index contributed by atoms with van der Waals surface area (Å²) in [4.78, 5) is 44.4. The van der Waals surface area contributed by atoms with Gasteiger partial charge in [-0.2, -0.15) is 0 Å². The molecule has 0 bridgehead atoms. The van der Waals surface area contributed by atoms with Crippen molar-refractivity contribution in [2.24, 2.45) is 62.6 Å². The Morgan fingerprint density at radius 2 is 1.57 bits per heavy atom. The third-order valence-corrected chi connectivity index (χ3v) is 17.6. The number of piperidine rings is 1. The molecule has 1 aliphatic heterocycles. The number of allylic oxidation sites excluding steroid dienone is 3. The number of hydrogen-bond donors (Lipinski definition) is 1. The van der Waals surface area contributed by atoms with E-state index in [0.29, 0.717) is 47.6 Å². The smallest absolute Gasteiger partial charge is 0.335 e. The molecule has 1 aromatic rings. The Labute approximate surface area is 320 Å². The summed E-state index contributed by atoms with van der Waals surface area (Å²) in [7, 11) is 0. The molecular formula is C47H68N2O4. The van der Waals surface area contributed by atoms with Crippen molar-refractivity contribution in [2.45, 2.75) is 126 Å². The predicted octanol–water partition coefficient (Wildman–Crippen LogP) is 10.1. The van der Waals surface area contributed by atoms with Gasteiger partial charge >= 0.3 is 5.97 Å². The molecule has 6 aliphatic rings. The van der Waals surface area contributed by atoms with Crippen LogP contribution in [0.25, 0.3) is 5.57 Å². The summed E-state index contributed by atoms with van der Waals surface area (Å²) < 4.78 is 0. The average molecular weight is 725 g/mol. The largest absolute Gasteiger partial charge is 0.478 e. The molecule has 53 heavy (non-hydrogen) atoms. The number of carbonyl (C=O) groups is 3. The minimum atomic E-state index is -0.879. The second kappa shape index (κ2) is 13.4. The highest BCUT2D eigenvalue weighted by molar-refractivity contribution is 5.88. The summed E-state index contributed by atoms with van der Waals surface area (Å²) in [6, 6.07) is 7.54. The number of likely N-dealkylation sites (tertiary alicyclic amines) is 1. The summed E-state index contributed by atoms with van der Waals surface area (Å²) in [5.41, 5.74) is 4.23. The van der Waals surface area contributed by atoms with Crippen molar-refractivity contribution in [3.8, 4) is 0 Å². The van der Waals surface area contributed by atoms with Crippen molar-refractivity contribution in [3.05, 3.63) is 53.6 Å². The van der Waals surface area contributed by atoms with Crippen molar-refractivity contribution < 1.29 is 19.5 Å². The monoisotopic (exact) mass is 725 g/mol. The molecule has 1 heterocycles. The maximum atomic E-state index is 15.2. The number of fused-ring (bicyclic) bond motifs is 7. The minimum Gasteiger partial charge on any atom is -0.478 e. The maximum Gasteiger partial charge on any atom is 0.335 e. The van der Waals surface area contributed by atoms with E-state index in [9.17, 15) is 14.7 Å². The van der Waals surface area contributed by atoms with E-state index < -0.39 is 5.97 Å². The summed E-state index contributed by atoms with van der Waals surface area (Å²) in [5.74, 6) is 1.94. The van der Waals surface area contributed by atoms with Crippen LogP contribution < -0.4 is 0 Å². The fraction of sp³-hybridized carbons (Fsp3) is 0.723. The van der Waals surface area contributed by atoms with Gasteiger partial charge in [-0.25, -0.2) is 4.79 Å². The number of nitrogens with zero attached hydrogens (tertiary/aromatic N) is 2. The van der Waals surface area contributed by atoms with Gasteiger partial charge in [0.2, 0.25) is 11.8 Å². The second-order valence-corrected chi connectivity index (χ2v) is 19.9. The van der Waals surface area contributed by atoms with Crippen molar-refractivity contribution in [1.82, 2.24) is 9.80 Å². The molecule has 0 spiro atoms. The molecule has 4 saturated carbocycles. The lowest BCUT2D eigenvalue weighted by molar-refractivity contribution is -0.226. The number of carboxylic acid groups (broad SMARTS) is 1. The molecule has 5 aliphatic carbocycles. The van der Waals surface area contributed by atoms with Gasteiger partial charge in [-0.05, 0) is 166 Å². The van der Waals surface area contributed by atoms with Gasteiger partial charge in [-0.3, -0.25) is 9.59 Å². The Bertz CT molecular complexity index is 1670. The topological polar surface area (TPSA) is 77.9 Å². The van der Waals surface area contributed by atoms with Crippen LogP contribution >= 0.6 is 0 Å². The van der Waals surface area contributed by atoms with E-state index in [1.54, 1.807) is 12.1 Å². The molecule has 6 heteroatoms. The van der Waals surface area contributed by atoms with Crippen LogP contribution in [-0.4, -0.2) is 58.9 Å². The van der Waals surface area contributed by atoms with E-state index in [2.05, 4.69) is 72.9 Å². The zero-order valence-electron chi connectivity index (χ0n) is 34.2.